The Morgan fingerprint density at radius 1 is 1.37 bits per heavy atom. The molecule has 0 aliphatic heterocycles. The third kappa shape index (κ3) is 3.14. The number of carbonyl (C=O) groups excluding carboxylic acids is 1. The van der Waals surface area contributed by atoms with Crippen LogP contribution in [0.15, 0.2) is 16.5 Å². The molecule has 1 aromatic rings. The molecule has 0 bridgehead atoms. The standard InChI is InChI=1S/C13H18N2O4/c14-7-8-5-6-11(19-8)12(16)15-10-4-2-1-3-9(10)13(17)18/h5-6,9-10H,1-4,7,14H2,(H,15,16)(H,17,18). The number of nitrogens with one attached hydrogen (secondary N) is 1. The normalized spacial score (nSPS) is 23.0. The van der Waals surface area contributed by atoms with Crippen LogP contribution in [0.4, 0.5) is 0 Å². The SMILES string of the molecule is NCc1ccc(C(=O)NC2CCCCC2C(=O)O)o1. The van der Waals surface area contributed by atoms with Crippen molar-refractivity contribution in [3.8, 4) is 0 Å². The zero-order valence-electron chi connectivity index (χ0n) is 10.6. The summed E-state index contributed by atoms with van der Waals surface area (Å²) in [6.07, 6.45) is 3.11. The van der Waals surface area contributed by atoms with Crippen LogP contribution in [0.5, 0.6) is 0 Å². The van der Waals surface area contributed by atoms with E-state index in [4.69, 9.17) is 15.3 Å². The van der Waals surface area contributed by atoms with Crippen LogP contribution in [0.1, 0.15) is 42.0 Å². The molecule has 1 aliphatic carbocycles. The molecule has 1 aliphatic rings. The van der Waals surface area contributed by atoms with Crippen molar-refractivity contribution in [3.63, 3.8) is 0 Å². The van der Waals surface area contributed by atoms with E-state index in [1.807, 2.05) is 0 Å². The van der Waals surface area contributed by atoms with Crippen LogP contribution < -0.4 is 11.1 Å². The average molecular weight is 266 g/mol. The molecule has 1 saturated carbocycles. The molecule has 1 aromatic heterocycles. The maximum Gasteiger partial charge on any atom is 0.308 e. The Morgan fingerprint density at radius 2 is 2.11 bits per heavy atom. The van der Waals surface area contributed by atoms with Crippen LogP contribution in [0.25, 0.3) is 0 Å². The molecule has 1 heterocycles. The molecule has 104 valence electrons. The highest BCUT2D eigenvalue weighted by molar-refractivity contribution is 5.92. The van der Waals surface area contributed by atoms with Gasteiger partial charge in [0, 0.05) is 6.04 Å². The second-order valence-electron chi connectivity index (χ2n) is 4.78. The first kappa shape index (κ1) is 13.6. The lowest BCUT2D eigenvalue weighted by Crippen LogP contribution is -2.45. The summed E-state index contributed by atoms with van der Waals surface area (Å²) in [6.45, 7) is 0.231. The van der Waals surface area contributed by atoms with Gasteiger partial charge in [0.15, 0.2) is 5.76 Å². The Hall–Kier alpha value is -1.82. The minimum absolute atomic E-state index is 0.176. The molecule has 6 heteroatoms. The van der Waals surface area contributed by atoms with E-state index in [2.05, 4.69) is 5.32 Å². The largest absolute Gasteiger partial charge is 0.481 e. The molecule has 2 atom stereocenters. The first-order valence-electron chi connectivity index (χ1n) is 6.44. The molecule has 0 saturated heterocycles. The van der Waals surface area contributed by atoms with Crippen LogP contribution in [0.2, 0.25) is 0 Å². The topological polar surface area (TPSA) is 106 Å². The van der Waals surface area contributed by atoms with E-state index in [0.29, 0.717) is 18.6 Å². The number of hydrogen-bond acceptors (Lipinski definition) is 4. The number of hydrogen-bond donors (Lipinski definition) is 3. The number of carbonyl (C=O) groups is 2. The summed E-state index contributed by atoms with van der Waals surface area (Å²) >= 11 is 0. The Balaban J connectivity index is 2.02. The Labute approximate surface area is 111 Å². The predicted octanol–water partition coefficient (Wildman–Crippen LogP) is 1.11. The second kappa shape index (κ2) is 5.88. The van der Waals surface area contributed by atoms with Gasteiger partial charge in [-0.25, -0.2) is 0 Å². The van der Waals surface area contributed by atoms with Crippen molar-refractivity contribution < 1.29 is 19.1 Å². The zero-order chi connectivity index (χ0) is 13.8. The van der Waals surface area contributed by atoms with Crippen molar-refractivity contribution in [3.05, 3.63) is 23.7 Å². The average Bonchev–Trinajstić information content (AvgIpc) is 2.88. The molecule has 0 aromatic carbocycles. The molecule has 0 spiro atoms. The van der Waals surface area contributed by atoms with Crippen molar-refractivity contribution in [2.24, 2.45) is 11.7 Å². The van der Waals surface area contributed by atoms with Gasteiger partial charge in [0.2, 0.25) is 0 Å². The van der Waals surface area contributed by atoms with E-state index in [1.165, 1.54) is 0 Å². The number of amides is 1. The van der Waals surface area contributed by atoms with E-state index in [9.17, 15) is 9.59 Å². The summed E-state index contributed by atoms with van der Waals surface area (Å²) in [5, 5.41) is 11.9. The summed E-state index contributed by atoms with van der Waals surface area (Å²) in [4.78, 5) is 23.1. The minimum atomic E-state index is -0.855. The molecule has 2 rings (SSSR count). The van der Waals surface area contributed by atoms with Gasteiger partial charge in [0.1, 0.15) is 5.76 Å². The van der Waals surface area contributed by atoms with Gasteiger partial charge in [0.05, 0.1) is 12.5 Å². The van der Waals surface area contributed by atoms with Gasteiger partial charge >= 0.3 is 5.97 Å². The van der Waals surface area contributed by atoms with Gasteiger partial charge in [0.25, 0.3) is 5.91 Å². The number of nitrogens with two attached hydrogens (primary N) is 1. The molecular weight excluding hydrogens is 248 g/mol. The lowest BCUT2D eigenvalue weighted by Gasteiger charge is -2.28. The quantitative estimate of drug-likeness (QED) is 0.757. The van der Waals surface area contributed by atoms with Crippen LogP contribution >= 0.6 is 0 Å². The highest BCUT2D eigenvalue weighted by Gasteiger charge is 2.32. The van der Waals surface area contributed by atoms with Gasteiger partial charge in [-0.15, -0.1) is 0 Å². The Morgan fingerprint density at radius 3 is 2.74 bits per heavy atom. The van der Waals surface area contributed by atoms with E-state index >= 15 is 0 Å². The molecule has 0 radical (unpaired) electrons. The summed E-state index contributed by atoms with van der Waals surface area (Å²) < 4.78 is 5.25. The summed E-state index contributed by atoms with van der Waals surface area (Å²) in [7, 11) is 0. The number of aliphatic carboxylic acids is 1. The fourth-order valence-electron chi connectivity index (χ4n) is 2.45. The van der Waals surface area contributed by atoms with Gasteiger partial charge in [-0.3, -0.25) is 9.59 Å². The lowest BCUT2D eigenvalue weighted by atomic mass is 9.84. The third-order valence-corrected chi connectivity index (χ3v) is 3.49. The van der Waals surface area contributed by atoms with E-state index in [-0.39, 0.29) is 24.3 Å². The van der Waals surface area contributed by atoms with Crippen LogP contribution in [-0.4, -0.2) is 23.0 Å². The first-order chi connectivity index (χ1) is 9.11. The maximum atomic E-state index is 12.0. The summed E-state index contributed by atoms with van der Waals surface area (Å²) in [5.41, 5.74) is 5.41. The molecule has 4 N–H and O–H groups in total. The van der Waals surface area contributed by atoms with Gasteiger partial charge in [-0.05, 0) is 25.0 Å². The van der Waals surface area contributed by atoms with E-state index < -0.39 is 11.9 Å². The third-order valence-electron chi connectivity index (χ3n) is 3.49. The molecule has 2 unspecified atom stereocenters. The highest BCUT2D eigenvalue weighted by atomic mass is 16.4. The fraction of sp³-hybridized carbons (Fsp3) is 0.538. The van der Waals surface area contributed by atoms with Crippen molar-refractivity contribution in [1.29, 1.82) is 0 Å². The van der Waals surface area contributed by atoms with Crippen LogP contribution in [0, 0.1) is 5.92 Å². The lowest BCUT2D eigenvalue weighted by molar-refractivity contribution is -0.143. The molecule has 6 nitrogen and oxygen atoms in total. The Kier molecular flexibility index (Phi) is 4.21. The molecule has 19 heavy (non-hydrogen) atoms. The second-order valence-corrected chi connectivity index (χ2v) is 4.78. The predicted molar refractivity (Wildman–Crippen MR) is 67.4 cm³/mol. The smallest absolute Gasteiger partial charge is 0.308 e. The fourth-order valence-corrected chi connectivity index (χ4v) is 2.45. The number of carboxylic acid groups (broad SMARTS) is 1. The zero-order valence-corrected chi connectivity index (χ0v) is 10.6. The highest BCUT2D eigenvalue weighted by Crippen LogP contribution is 2.25. The first-order valence-corrected chi connectivity index (χ1v) is 6.44. The van der Waals surface area contributed by atoms with Crippen molar-refractivity contribution in [2.45, 2.75) is 38.3 Å². The molecule has 1 amide bonds. The Bertz CT molecular complexity index is 469. The number of carboxylic acids is 1. The van der Waals surface area contributed by atoms with Crippen LogP contribution in [0.3, 0.4) is 0 Å². The monoisotopic (exact) mass is 266 g/mol. The van der Waals surface area contributed by atoms with Crippen molar-refractivity contribution >= 4 is 11.9 Å². The summed E-state index contributed by atoms with van der Waals surface area (Å²) in [6, 6.07) is 2.87. The van der Waals surface area contributed by atoms with Gasteiger partial charge in [-0.1, -0.05) is 12.8 Å². The van der Waals surface area contributed by atoms with E-state index in [0.717, 1.165) is 12.8 Å². The van der Waals surface area contributed by atoms with Crippen molar-refractivity contribution in [2.75, 3.05) is 0 Å². The summed E-state index contributed by atoms with van der Waals surface area (Å²) in [5.74, 6) is -1.04. The maximum absolute atomic E-state index is 12.0. The van der Waals surface area contributed by atoms with Gasteiger partial charge < -0.3 is 20.6 Å². The van der Waals surface area contributed by atoms with Crippen molar-refractivity contribution in [1.82, 2.24) is 5.32 Å². The number of furan rings is 1. The van der Waals surface area contributed by atoms with E-state index in [1.54, 1.807) is 12.1 Å². The van der Waals surface area contributed by atoms with Gasteiger partial charge in [-0.2, -0.15) is 0 Å². The molecular formula is C13H18N2O4. The minimum Gasteiger partial charge on any atom is -0.481 e. The molecule has 1 fully saturated rings. The van der Waals surface area contributed by atoms with Crippen LogP contribution in [-0.2, 0) is 11.3 Å². The number of rotatable bonds is 4.